The van der Waals surface area contributed by atoms with Gasteiger partial charge in [0, 0.05) is 6.92 Å². The molecule has 1 amide bonds. The van der Waals surface area contributed by atoms with Crippen LogP contribution < -0.4 is 10.2 Å². The van der Waals surface area contributed by atoms with Crippen LogP contribution in [0.15, 0.2) is 53.6 Å². The first-order valence-electron chi connectivity index (χ1n) is 7.93. The topological polar surface area (TPSA) is 98.5 Å². The minimum absolute atomic E-state index is 0.0166. The van der Waals surface area contributed by atoms with Crippen molar-refractivity contribution in [3.8, 4) is 5.75 Å². The quantitative estimate of drug-likeness (QED) is 0.328. The number of fused-ring (bicyclic) bond motifs is 1. The van der Waals surface area contributed by atoms with E-state index in [0.717, 1.165) is 16.6 Å². The summed E-state index contributed by atoms with van der Waals surface area (Å²) in [7, 11) is 0. The van der Waals surface area contributed by atoms with Crippen molar-refractivity contribution in [3.05, 3.63) is 54.1 Å². The summed E-state index contributed by atoms with van der Waals surface area (Å²) in [5.41, 5.74) is 5.44. The monoisotopic (exact) mass is 351 g/mol. The molecule has 0 spiro atoms. The van der Waals surface area contributed by atoms with E-state index in [2.05, 4.69) is 20.8 Å². The highest BCUT2D eigenvalue weighted by atomic mass is 16.5. The number of hydrogen-bond donors (Lipinski definition) is 1. The van der Waals surface area contributed by atoms with Gasteiger partial charge in [0.2, 0.25) is 0 Å². The summed E-state index contributed by atoms with van der Waals surface area (Å²) in [6.07, 6.45) is 0. The van der Waals surface area contributed by atoms with Crippen LogP contribution in [-0.2, 0) is 16.1 Å². The van der Waals surface area contributed by atoms with Gasteiger partial charge in [-0.25, -0.2) is 10.1 Å². The average molecular weight is 351 g/mol. The number of para-hydroxylation sites is 1. The van der Waals surface area contributed by atoms with Crippen LogP contribution in [0.4, 0.5) is 0 Å². The minimum Gasteiger partial charge on any atom is -0.427 e. The molecule has 132 valence electrons. The number of rotatable bonds is 5. The highest BCUT2D eigenvalue weighted by Crippen LogP contribution is 2.13. The van der Waals surface area contributed by atoms with E-state index in [-0.39, 0.29) is 18.4 Å². The molecular weight excluding hydrogens is 334 g/mol. The average Bonchev–Trinajstić information content (AvgIpc) is 3.03. The van der Waals surface area contributed by atoms with Gasteiger partial charge in [0.05, 0.1) is 11.2 Å². The number of esters is 1. The molecule has 2 aromatic carbocycles. The summed E-state index contributed by atoms with van der Waals surface area (Å²) >= 11 is 0. The smallest absolute Gasteiger partial charge is 0.308 e. The largest absolute Gasteiger partial charge is 0.427 e. The second-order valence-corrected chi connectivity index (χ2v) is 5.59. The van der Waals surface area contributed by atoms with Crippen molar-refractivity contribution in [2.24, 2.45) is 5.10 Å². The summed E-state index contributed by atoms with van der Waals surface area (Å²) in [5, 5.41) is 12.1. The molecule has 3 aromatic rings. The first kappa shape index (κ1) is 17.3. The van der Waals surface area contributed by atoms with Gasteiger partial charge in [0.15, 0.2) is 0 Å². The number of hydrazone groups is 1. The third kappa shape index (κ3) is 4.10. The molecule has 0 aliphatic carbocycles. The summed E-state index contributed by atoms with van der Waals surface area (Å²) < 4.78 is 6.49. The van der Waals surface area contributed by atoms with E-state index in [1.165, 1.54) is 11.6 Å². The van der Waals surface area contributed by atoms with Gasteiger partial charge in [-0.15, -0.1) is 5.10 Å². The number of nitrogens with zero attached hydrogens (tertiary/aromatic N) is 4. The molecule has 0 radical (unpaired) electrons. The fourth-order valence-electron chi connectivity index (χ4n) is 2.35. The number of benzene rings is 2. The zero-order valence-corrected chi connectivity index (χ0v) is 14.3. The van der Waals surface area contributed by atoms with Crippen molar-refractivity contribution < 1.29 is 14.3 Å². The highest BCUT2D eigenvalue weighted by Gasteiger charge is 2.08. The standard InChI is InChI=1S/C18H17N5O3/c1-12(14-7-9-15(10-8-14)26-13(2)24)19-21-18(25)11-23-17-6-4-3-5-16(17)20-22-23/h3-10H,11H2,1-2H3,(H,21,25)/b19-12+. The van der Waals surface area contributed by atoms with E-state index >= 15 is 0 Å². The lowest BCUT2D eigenvalue weighted by Gasteiger charge is -2.05. The zero-order chi connectivity index (χ0) is 18.5. The van der Waals surface area contributed by atoms with Crippen LogP contribution in [0, 0.1) is 0 Å². The summed E-state index contributed by atoms with van der Waals surface area (Å²) in [6, 6.07) is 14.3. The van der Waals surface area contributed by atoms with E-state index in [4.69, 9.17) is 4.74 Å². The van der Waals surface area contributed by atoms with Gasteiger partial charge >= 0.3 is 5.97 Å². The Kier molecular flexibility index (Phi) is 5.02. The molecule has 0 saturated heterocycles. The maximum Gasteiger partial charge on any atom is 0.308 e. The van der Waals surface area contributed by atoms with Gasteiger partial charge in [-0.2, -0.15) is 5.10 Å². The van der Waals surface area contributed by atoms with Crippen LogP contribution in [-0.4, -0.2) is 32.6 Å². The first-order chi connectivity index (χ1) is 12.5. The zero-order valence-electron chi connectivity index (χ0n) is 14.3. The van der Waals surface area contributed by atoms with Crippen molar-refractivity contribution in [2.75, 3.05) is 0 Å². The Morgan fingerprint density at radius 2 is 1.85 bits per heavy atom. The SMILES string of the molecule is CC(=O)Oc1ccc(/C(C)=N/NC(=O)Cn2nnc3ccccc32)cc1. The summed E-state index contributed by atoms with van der Waals surface area (Å²) in [6.45, 7) is 3.13. The van der Waals surface area contributed by atoms with Crippen LogP contribution >= 0.6 is 0 Å². The third-order valence-electron chi connectivity index (χ3n) is 3.60. The fraction of sp³-hybridized carbons (Fsp3) is 0.167. The Morgan fingerprint density at radius 3 is 2.58 bits per heavy atom. The second-order valence-electron chi connectivity index (χ2n) is 5.59. The lowest BCUT2D eigenvalue weighted by atomic mass is 10.1. The number of hydrogen-bond acceptors (Lipinski definition) is 6. The van der Waals surface area contributed by atoms with Crippen LogP contribution in [0.25, 0.3) is 11.0 Å². The maximum atomic E-state index is 12.1. The number of carbonyl (C=O) groups is 2. The molecule has 26 heavy (non-hydrogen) atoms. The molecule has 0 atom stereocenters. The molecule has 1 heterocycles. The molecule has 0 fully saturated rings. The van der Waals surface area contributed by atoms with Gasteiger partial charge in [0.25, 0.3) is 5.91 Å². The first-order valence-corrected chi connectivity index (χ1v) is 7.93. The molecule has 0 aliphatic heterocycles. The van der Waals surface area contributed by atoms with Crippen molar-refractivity contribution in [3.63, 3.8) is 0 Å². The normalized spacial score (nSPS) is 11.4. The highest BCUT2D eigenvalue weighted by molar-refractivity contribution is 5.99. The van der Waals surface area contributed by atoms with E-state index in [0.29, 0.717) is 11.5 Å². The maximum absolute atomic E-state index is 12.1. The Morgan fingerprint density at radius 1 is 1.12 bits per heavy atom. The van der Waals surface area contributed by atoms with Crippen LogP contribution in [0.3, 0.4) is 0 Å². The van der Waals surface area contributed by atoms with Gasteiger partial charge in [-0.3, -0.25) is 9.59 Å². The number of carbonyl (C=O) groups excluding carboxylic acids is 2. The van der Waals surface area contributed by atoms with Crippen molar-refractivity contribution in [2.45, 2.75) is 20.4 Å². The van der Waals surface area contributed by atoms with Crippen LogP contribution in [0.5, 0.6) is 5.75 Å². The Hall–Kier alpha value is -3.55. The van der Waals surface area contributed by atoms with E-state index in [1.807, 2.05) is 24.3 Å². The Labute approximate surface area is 149 Å². The van der Waals surface area contributed by atoms with Gasteiger partial charge in [-0.05, 0) is 48.9 Å². The van der Waals surface area contributed by atoms with Gasteiger partial charge in [0.1, 0.15) is 17.8 Å². The second kappa shape index (κ2) is 7.56. The summed E-state index contributed by atoms with van der Waals surface area (Å²) in [4.78, 5) is 23.0. The fourth-order valence-corrected chi connectivity index (χ4v) is 2.35. The minimum atomic E-state index is -0.379. The third-order valence-corrected chi connectivity index (χ3v) is 3.60. The molecule has 8 heteroatoms. The predicted molar refractivity (Wildman–Crippen MR) is 95.6 cm³/mol. The molecule has 1 aromatic heterocycles. The number of amides is 1. The number of ether oxygens (including phenoxy) is 1. The summed E-state index contributed by atoms with van der Waals surface area (Å²) in [5.74, 6) is -0.233. The lowest BCUT2D eigenvalue weighted by molar-refractivity contribution is -0.131. The molecule has 8 nitrogen and oxygen atoms in total. The van der Waals surface area contributed by atoms with E-state index < -0.39 is 0 Å². The van der Waals surface area contributed by atoms with Crippen LogP contribution in [0.1, 0.15) is 19.4 Å². The number of nitrogens with one attached hydrogen (secondary N) is 1. The Balaban J connectivity index is 1.63. The van der Waals surface area contributed by atoms with Crippen LogP contribution in [0.2, 0.25) is 0 Å². The van der Waals surface area contributed by atoms with Gasteiger partial charge in [-0.1, -0.05) is 17.3 Å². The molecule has 0 saturated carbocycles. The van der Waals surface area contributed by atoms with E-state index in [9.17, 15) is 9.59 Å². The predicted octanol–water partition coefficient (Wildman–Crippen LogP) is 1.90. The Bertz CT molecular complexity index is 976. The molecule has 3 rings (SSSR count). The number of aromatic nitrogens is 3. The van der Waals surface area contributed by atoms with Crippen molar-refractivity contribution in [1.82, 2.24) is 20.4 Å². The molecule has 0 aliphatic rings. The van der Waals surface area contributed by atoms with Crippen molar-refractivity contribution in [1.29, 1.82) is 0 Å². The molecule has 0 unspecified atom stereocenters. The lowest BCUT2D eigenvalue weighted by Crippen LogP contribution is -2.24. The molecular formula is C18H17N5O3. The van der Waals surface area contributed by atoms with Crippen molar-refractivity contribution >= 4 is 28.6 Å². The molecule has 0 bridgehead atoms. The van der Waals surface area contributed by atoms with Gasteiger partial charge < -0.3 is 4.74 Å². The molecule has 1 N–H and O–H groups in total. The van der Waals surface area contributed by atoms with E-state index in [1.54, 1.807) is 31.2 Å².